The van der Waals surface area contributed by atoms with E-state index in [0.29, 0.717) is 5.92 Å². The molecule has 2 heterocycles. The van der Waals surface area contributed by atoms with Crippen LogP contribution in [0.25, 0.3) is 83.3 Å². The van der Waals surface area contributed by atoms with Gasteiger partial charge in [0.1, 0.15) is 0 Å². The summed E-state index contributed by atoms with van der Waals surface area (Å²) in [7, 11) is 0. The first-order valence-electron chi connectivity index (χ1n) is 21.6. The summed E-state index contributed by atoms with van der Waals surface area (Å²) in [5, 5.41) is 11.3. The van der Waals surface area contributed by atoms with Crippen LogP contribution in [0, 0.1) is 0 Å². The van der Waals surface area contributed by atoms with Gasteiger partial charge in [-0.3, -0.25) is 0 Å². The molecule has 2 aliphatic carbocycles. The van der Waals surface area contributed by atoms with Crippen molar-refractivity contribution in [3.63, 3.8) is 0 Å². The Balaban J connectivity index is 1.06. The molecule has 13 rings (SSSR count). The number of aliphatic imine (C=N–C) groups is 1. The van der Waals surface area contributed by atoms with Crippen molar-refractivity contribution >= 4 is 66.8 Å². The molecule has 0 saturated carbocycles. The molecule has 2 heteroatoms. The summed E-state index contributed by atoms with van der Waals surface area (Å²) >= 11 is 0. The molecule has 1 atom stereocenters. The van der Waals surface area contributed by atoms with Crippen LogP contribution in [-0.2, 0) is 12.8 Å². The molecule has 10 aromatic rings. The van der Waals surface area contributed by atoms with Gasteiger partial charge in [0.05, 0.1) is 22.3 Å². The highest BCUT2D eigenvalue weighted by molar-refractivity contribution is 6.25. The van der Waals surface area contributed by atoms with Crippen LogP contribution in [0.4, 0.5) is 5.69 Å². The van der Waals surface area contributed by atoms with Crippen molar-refractivity contribution in [2.75, 3.05) is 0 Å². The number of benzene rings is 9. The summed E-state index contributed by atoms with van der Waals surface area (Å²) in [6.45, 7) is 0. The van der Waals surface area contributed by atoms with Crippen LogP contribution in [0.2, 0.25) is 0 Å². The van der Waals surface area contributed by atoms with Crippen LogP contribution in [0.15, 0.2) is 199 Å². The lowest BCUT2D eigenvalue weighted by molar-refractivity contribution is 0.726. The maximum atomic E-state index is 5.26. The lowest BCUT2D eigenvalue weighted by Crippen LogP contribution is -2.29. The number of para-hydroxylation sites is 1. The van der Waals surface area contributed by atoms with Crippen LogP contribution in [0.5, 0.6) is 0 Å². The van der Waals surface area contributed by atoms with E-state index in [0.717, 1.165) is 41.7 Å². The molecule has 0 saturated heterocycles. The normalized spacial score (nSPS) is 15.3. The summed E-state index contributed by atoms with van der Waals surface area (Å²) in [5.41, 5.74) is 16.3. The van der Waals surface area contributed by atoms with Gasteiger partial charge in [-0.1, -0.05) is 146 Å². The van der Waals surface area contributed by atoms with Gasteiger partial charge in [0, 0.05) is 22.2 Å². The van der Waals surface area contributed by atoms with Crippen LogP contribution in [-0.4, -0.2) is 10.3 Å². The molecule has 0 N–H and O–H groups in total. The Hall–Kier alpha value is -7.55. The lowest BCUT2D eigenvalue weighted by atomic mass is 9.84. The van der Waals surface area contributed by atoms with E-state index in [1.54, 1.807) is 0 Å². The molecule has 61 heavy (non-hydrogen) atoms. The molecule has 0 fully saturated rings. The Morgan fingerprint density at radius 3 is 1.97 bits per heavy atom. The summed E-state index contributed by atoms with van der Waals surface area (Å²) in [5.74, 6) is 0.344. The maximum absolute atomic E-state index is 5.26. The second-order valence-electron chi connectivity index (χ2n) is 17.0. The monoisotopic (exact) mass is 776 g/mol. The zero-order valence-electron chi connectivity index (χ0n) is 33.6. The van der Waals surface area contributed by atoms with Gasteiger partial charge in [0.2, 0.25) is 0 Å². The van der Waals surface area contributed by atoms with Gasteiger partial charge < -0.3 is 4.57 Å². The van der Waals surface area contributed by atoms with E-state index < -0.39 is 0 Å². The fourth-order valence-electron chi connectivity index (χ4n) is 10.8. The first-order valence-corrected chi connectivity index (χ1v) is 21.6. The van der Waals surface area contributed by atoms with Gasteiger partial charge in [-0.25, -0.2) is 4.99 Å². The van der Waals surface area contributed by atoms with E-state index in [-0.39, 0.29) is 0 Å². The lowest BCUT2D eigenvalue weighted by Gasteiger charge is -2.19. The highest BCUT2D eigenvalue weighted by atomic mass is 15.0. The molecule has 1 unspecified atom stereocenters. The molecule has 286 valence electrons. The minimum atomic E-state index is 0.344. The second kappa shape index (κ2) is 13.5. The fourth-order valence-corrected chi connectivity index (χ4v) is 10.8. The van der Waals surface area contributed by atoms with Crippen molar-refractivity contribution < 1.29 is 0 Å². The number of allylic oxidation sites excluding steroid dienone is 2. The summed E-state index contributed by atoms with van der Waals surface area (Å²) in [4.78, 5) is 5.26. The minimum absolute atomic E-state index is 0.344. The Bertz CT molecular complexity index is 3640. The molecule has 0 spiro atoms. The fraction of sp³-hybridized carbons (Fsp3) is 0.0678. The summed E-state index contributed by atoms with van der Waals surface area (Å²) in [6.07, 6.45) is 10.0. The summed E-state index contributed by atoms with van der Waals surface area (Å²) < 4.78 is 2.48. The van der Waals surface area contributed by atoms with E-state index in [2.05, 4.69) is 205 Å². The number of hydrogen-bond acceptors (Lipinski definition) is 1. The zero-order chi connectivity index (χ0) is 40.0. The molecule has 2 bridgehead atoms. The molecule has 2 nitrogen and oxygen atoms in total. The Kier molecular flexibility index (Phi) is 7.59. The van der Waals surface area contributed by atoms with Crippen LogP contribution in [0.3, 0.4) is 0 Å². The van der Waals surface area contributed by atoms with E-state index in [1.807, 2.05) is 0 Å². The molecular formula is C59H40N2. The van der Waals surface area contributed by atoms with E-state index in [4.69, 9.17) is 4.99 Å². The predicted octanol–water partition coefficient (Wildman–Crippen LogP) is 13.3. The van der Waals surface area contributed by atoms with E-state index >= 15 is 0 Å². The quantitative estimate of drug-likeness (QED) is 0.159. The minimum Gasteiger partial charge on any atom is -0.309 e. The van der Waals surface area contributed by atoms with Crippen molar-refractivity contribution in [1.82, 2.24) is 4.57 Å². The van der Waals surface area contributed by atoms with Gasteiger partial charge in [0.15, 0.2) is 0 Å². The SMILES string of the molecule is C1=C2C=c3c(n(-c4ccc5c6ccccc6c6ccccc6c5c4)c4ccc(-c5ccc6c(c5)-c5ccccc5CCC6c5ccccc5)cc34)=CC1=Nc1ccccc1C2. The number of hydrogen-bond donors (Lipinski definition) is 0. The molecule has 1 aliphatic heterocycles. The number of nitrogens with zero attached hydrogens (tertiary/aromatic N) is 2. The third-order valence-electron chi connectivity index (χ3n) is 13.6. The number of aryl methyl sites for hydroxylation is 1. The van der Waals surface area contributed by atoms with Crippen molar-refractivity contribution in [1.29, 1.82) is 0 Å². The highest BCUT2D eigenvalue weighted by Crippen LogP contribution is 2.43. The smallest absolute Gasteiger partial charge is 0.0672 e. The van der Waals surface area contributed by atoms with Gasteiger partial charge in [-0.05, 0) is 156 Å². The van der Waals surface area contributed by atoms with E-state index in [9.17, 15) is 0 Å². The standard InChI is InChI=1S/C59H40N2/c1-2-12-38(13-3-1)46-26-22-39-14-4-6-16-45(39)53-33-40(23-27-51(46)53)41-24-29-58-56(34-41)55-32-37-30-42-15-5-11-21-57(42)60-43(31-37)35-59(55)61(58)44-25-28-52-49-19-8-7-17-47(49)48-18-9-10-20-50(48)54(52)36-44/h1-21,23-25,27-29,31-36,46H,22,26,30H2. The third kappa shape index (κ3) is 5.45. The number of rotatable bonds is 3. The maximum Gasteiger partial charge on any atom is 0.0672 e. The molecular weight excluding hydrogens is 737 g/mol. The Morgan fingerprint density at radius 2 is 1.15 bits per heavy atom. The van der Waals surface area contributed by atoms with Crippen molar-refractivity contribution in [2.45, 2.75) is 25.2 Å². The van der Waals surface area contributed by atoms with Crippen molar-refractivity contribution in [3.05, 3.63) is 226 Å². The first kappa shape index (κ1) is 34.3. The third-order valence-corrected chi connectivity index (χ3v) is 13.6. The van der Waals surface area contributed by atoms with Crippen molar-refractivity contribution in [3.8, 4) is 27.9 Å². The highest BCUT2D eigenvalue weighted by Gasteiger charge is 2.25. The number of aromatic nitrogens is 1. The Morgan fingerprint density at radius 1 is 0.475 bits per heavy atom. The molecule has 0 amide bonds. The van der Waals surface area contributed by atoms with Crippen LogP contribution in [0.1, 0.15) is 34.6 Å². The molecule has 0 radical (unpaired) electrons. The predicted molar refractivity (Wildman–Crippen MR) is 257 cm³/mol. The van der Waals surface area contributed by atoms with Gasteiger partial charge in [0.25, 0.3) is 0 Å². The molecule has 9 aromatic carbocycles. The van der Waals surface area contributed by atoms with Crippen molar-refractivity contribution in [2.24, 2.45) is 4.99 Å². The molecule has 1 aromatic heterocycles. The average molecular weight is 777 g/mol. The van der Waals surface area contributed by atoms with Crippen LogP contribution < -0.4 is 10.6 Å². The van der Waals surface area contributed by atoms with Crippen LogP contribution >= 0.6 is 0 Å². The van der Waals surface area contributed by atoms with Gasteiger partial charge >= 0.3 is 0 Å². The second-order valence-corrected chi connectivity index (χ2v) is 17.0. The molecule has 3 aliphatic rings. The number of fused-ring (bicyclic) bond motifs is 14. The average Bonchev–Trinajstić information content (AvgIpc) is 3.48. The van der Waals surface area contributed by atoms with E-state index in [1.165, 1.54) is 98.5 Å². The van der Waals surface area contributed by atoms with Gasteiger partial charge in [-0.2, -0.15) is 0 Å². The largest absolute Gasteiger partial charge is 0.309 e. The zero-order valence-corrected chi connectivity index (χ0v) is 33.6. The first-order chi connectivity index (χ1) is 30.2. The topological polar surface area (TPSA) is 17.3 Å². The van der Waals surface area contributed by atoms with Gasteiger partial charge in [-0.15, -0.1) is 0 Å². The summed E-state index contributed by atoms with van der Waals surface area (Å²) in [6, 6.07) is 67.8. The Labute approximate surface area is 354 Å².